The van der Waals surface area contributed by atoms with Gasteiger partial charge in [-0.05, 0) is 61.9 Å². The fraction of sp³-hybridized carbons (Fsp3) is 0.435. The Morgan fingerprint density at radius 2 is 1.94 bits per heavy atom. The molecule has 4 amide bonds. The summed E-state index contributed by atoms with van der Waals surface area (Å²) >= 11 is 1.61. The first-order valence-electron chi connectivity index (χ1n) is 11.0. The summed E-state index contributed by atoms with van der Waals surface area (Å²) < 4.78 is 5.38. The number of rotatable bonds is 4. The Hall–Kier alpha value is -2.91. The number of morpholine rings is 1. The molecule has 2 aliphatic heterocycles. The molecule has 0 bridgehead atoms. The number of anilines is 2. The van der Waals surface area contributed by atoms with Crippen LogP contribution in [0.15, 0.2) is 35.7 Å². The first kappa shape index (κ1) is 21.0. The molecule has 32 heavy (non-hydrogen) atoms. The molecule has 8 nitrogen and oxygen atoms in total. The zero-order valence-corrected chi connectivity index (χ0v) is 18.7. The summed E-state index contributed by atoms with van der Waals surface area (Å²) in [5.41, 5.74) is 1.53. The van der Waals surface area contributed by atoms with Gasteiger partial charge in [-0.3, -0.25) is 9.59 Å². The van der Waals surface area contributed by atoms with E-state index in [9.17, 15) is 14.4 Å². The van der Waals surface area contributed by atoms with Gasteiger partial charge in [-0.1, -0.05) is 0 Å². The zero-order chi connectivity index (χ0) is 22.3. The average molecular weight is 455 g/mol. The number of ether oxygens (including phenoxy) is 1. The average Bonchev–Trinajstić information content (AvgIpc) is 3.38. The van der Waals surface area contributed by atoms with Gasteiger partial charge in [-0.15, -0.1) is 11.3 Å². The molecule has 168 valence electrons. The van der Waals surface area contributed by atoms with E-state index in [1.165, 1.54) is 0 Å². The van der Waals surface area contributed by atoms with E-state index in [1.54, 1.807) is 18.3 Å². The molecule has 5 rings (SSSR count). The number of nitrogens with zero attached hydrogens (tertiary/aromatic N) is 2. The fourth-order valence-electron chi connectivity index (χ4n) is 4.80. The summed E-state index contributed by atoms with van der Waals surface area (Å²) in [7, 11) is 0. The normalized spacial score (nSPS) is 23.8. The number of aryl methyl sites for hydroxylation is 1. The Balaban J connectivity index is 1.29. The van der Waals surface area contributed by atoms with Crippen LogP contribution in [0.5, 0.6) is 0 Å². The van der Waals surface area contributed by atoms with Gasteiger partial charge < -0.3 is 20.3 Å². The number of thiophene rings is 1. The van der Waals surface area contributed by atoms with Gasteiger partial charge in [-0.25, -0.2) is 9.69 Å². The summed E-state index contributed by atoms with van der Waals surface area (Å²) in [4.78, 5) is 43.6. The van der Waals surface area contributed by atoms with Gasteiger partial charge >= 0.3 is 6.03 Å². The second kappa shape index (κ2) is 8.22. The minimum absolute atomic E-state index is 0.341. The molecule has 3 heterocycles. The van der Waals surface area contributed by atoms with Gasteiger partial charge in [0.05, 0.1) is 13.2 Å². The highest BCUT2D eigenvalue weighted by atomic mass is 32.1. The van der Waals surface area contributed by atoms with Crippen molar-refractivity contribution in [2.45, 2.75) is 37.8 Å². The Kier molecular flexibility index (Phi) is 5.38. The summed E-state index contributed by atoms with van der Waals surface area (Å²) in [6.07, 6.45) is 2.28. The summed E-state index contributed by atoms with van der Waals surface area (Å²) in [6.45, 7) is 4.67. The lowest BCUT2D eigenvalue weighted by molar-refractivity contribution is -0.137. The second-order valence-electron chi connectivity index (χ2n) is 8.43. The molecule has 2 fully saturated rings. The first-order chi connectivity index (χ1) is 15.5. The summed E-state index contributed by atoms with van der Waals surface area (Å²) in [5, 5.41) is 7.70. The molecule has 2 aromatic rings. The fourth-order valence-corrected chi connectivity index (χ4v) is 5.80. The van der Waals surface area contributed by atoms with Crippen molar-refractivity contribution in [1.29, 1.82) is 0 Å². The van der Waals surface area contributed by atoms with Crippen LogP contribution in [0.25, 0.3) is 0 Å². The van der Waals surface area contributed by atoms with Gasteiger partial charge in [-0.2, -0.15) is 0 Å². The lowest BCUT2D eigenvalue weighted by Crippen LogP contribution is -2.49. The Bertz CT molecular complexity index is 1050. The van der Waals surface area contributed by atoms with Crippen LogP contribution in [0, 0.1) is 0 Å². The van der Waals surface area contributed by atoms with Gasteiger partial charge in [0.25, 0.3) is 5.91 Å². The van der Waals surface area contributed by atoms with Crippen LogP contribution in [0.4, 0.5) is 16.2 Å². The molecule has 1 aliphatic carbocycles. The van der Waals surface area contributed by atoms with E-state index in [0.29, 0.717) is 25.3 Å². The SMILES string of the molecule is C[C@@H](C(=O)Nc1ccc(N2CCOCC2)cc1)N1C(=O)N[C@]2(CCCc3sccc32)C1=O. The highest BCUT2D eigenvalue weighted by Gasteiger charge is 2.56. The Labute approximate surface area is 190 Å². The maximum absolute atomic E-state index is 13.4. The van der Waals surface area contributed by atoms with Gasteiger partial charge in [0.2, 0.25) is 5.91 Å². The van der Waals surface area contributed by atoms with Crippen molar-refractivity contribution in [3.05, 3.63) is 46.2 Å². The number of carbonyl (C=O) groups excluding carboxylic acids is 3. The zero-order valence-electron chi connectivity index (χ0n) is 17.9. The molecule has 0 saturated carbocycles. The number of amides is 4. The predicted octanol–water partition coefficient (Wildman–Crippen LogP) is 2.70. The molecule has 1 aromatic carbocycles. The number of nitrogens with one attached hydrogen (secondary N) is 2. The third-order valence-corrected chi connectivity index (χ3v) is 7.54. The van der Waals surface area contributed by atoms with Crippen LogP contribution in [0.2, 0.25) is 0 Å². The van der Waals surface area contributed by atoms with Crippen molar-refractivity contribution >= 4 is 40.6 Å². The van der Waals surface area contributed by atoms with Crippen LogP contribution in [0.1, 0.15) is 30.2 Å². The van der Waals surface area contributed by atoms with E-state index in [-0.39, 0.29) is 5.91 Å². The quantitative estimate of drug-likeness (QED) is 0.694. The number of hydrogen-bond acceptors (Lipinski definition) is 6. The Morgan fingerprint density at radius 1 is 1.19 bits per heavy atom. The van der Waals surface area contributed by atoms with Gasteiger partial charge in [0.15, 0.2) is 0 Å². The van der Waals surface area contributed by atoms with E-state index in [0.717, 1.165) is 47.0 Å². The molecule has 9 heteroatoms. The predicted molar refractivity (Wildman–Crippen MR) is 122 cm³/mol. The monoisotopic (exact) mass is 454 g/mol. The maximum Gasteiger partial charge on any atom is 0.326 e. The summed E-state index contributed by atoms with van der Waals surface area (Å²) in [5.74, 6) is -0.738. The molecule has 2 saturated heterocycles. The van der Waals surface area contributed by atoms with Crippen molar-refractivity contribution in [3.63, 3.8) is 0 Å². The molecular weight excluding hydrogens is 428 g/mol. The molecule has 1 spiro atoms. The third kappa shape index (κ3) is 3.45. The van der Waals surface area contributed by atoms with Crippen molar-refractivity contribution in [2.24, 2.45) is 0 Å². The van der Waals surface area contributed by atoms with Crippen LogP contribution >= 0.6 is 11.3 Å². The second-order valence-corrected chi connectivity index (χ2v) is 9.43. The van der Waals surface area contributed by atoms with E-state index in [2.05, 4.69) is 15.5 Å². The van der Waals surface area contributed by atoms with Crippen LogP contribution in [-0.2, 0) is 26.3 Å². The standard InChI is InChI=1S/C23H26N4O4S/c1-15(20(28)24-16-4-6-17(7-5-16)26-10-12-31-13-11-26)27-21(29)23(25-22(27)30)9-2-3-19-18(23)8-14-32-19/h4-8,14-15H,2-3,9-13H2,1H3,(H,24,28)(H,25,30)/t15-,23-/m0/s1. The number of benzene rings is 1. The Morgan fingerprint density at radius 3 is 2.69 bits per heavy atom. The smallest absolute Gasteiger partial charge is 0.326 e. The number of hydrogen-bond donors (Lipinski definition) is 2. The van der Waals surface area contributed by atoms with E-state index >= 15 is 0 Å². The highest BCUT2D eigenvalue weighted by Crippen LogP contribution is 2.42. The lowest BCUT2D eigenvalue weighted by Gasteiger charge is -2.31. The van der Waals surface area contributed by atoms with Gasteiger partial charge in [0.1, 0.15) is 11.6 Å². The van der Waals surface area contributed by atoms with Crippen molar-refractivity contribution in [1.82, 2.24) is 10.2 Å². The van der Waals surface area contributed by atoms with E-state index < -0.39 is 23.5 Å². The van der Waals surface area contributed by atoms with E-state index in [1.807, 2.05) is 35.7 Å². The minimum atomic E-state index is -1.04. The molecule has 2 N–H and O–H groups in total. The largest absolute Gasteiger partial charge is 0.378 e. The van der Waals surface area contributed by atoms with Gasteiger partial charge in [0, 0.05) is 34.9 Å². The van der Waals surface area contributed by atoms with E-state index in [4.69, 9.17) is 4.74 Å². The van der Waals surface area contributed by atoms with Crippen LogP contribution in [0.3, 0.4) is 0 Å². The minimum Gasteiger partial charge on any atom is -0.378 e. The number of fused-ring (bicyclic) bond motifs is 2. The van der Waals surface area contributed by atoms with Crippen molar-refractivity contribution < 1.29 is 19.1 Å². The number of imide groups is 1. The molecule has 3 aliphatic rings. The molecular formula is C23H26N4O4S. The summed E-state index contributed by atoms with van der Waals surface area (Å²) in [6, 6.07) is 8.05. The number of urea groups is 1. The third-order valence-electron chi connectivity index (χ3n) is 6.56. The lowest BCUT2D eigenvalue weighted by atomic mass is 9.80. The highest BCUT2D eigenvalue weighted by molar-refractivity contribution is 7.10. The molecule has 2 atom stereocenters. The molecule has 0 radical (unpaired) electrons. The first-order valence-corrected chi connectivity index (χ1v) is 11.8. The molecule has 0 unspecified atom stereocenters. The van der Waals surface area contributed by atoms with Crippen LogP contribution in [-0.4, -0.2) is 55.1 Å². The maximum atomic E-state index is 13.4. The van der Waals surface area contributed by atoms with Crippen molar-refractivity contribution in [2.75, 3.05) is 36.5 Å². The van der Waals surface area contributed by atoms with Crippen LogP contribution < -0.4 is 15.5 Å². The molecule has 1 aromatic heterocycles. The van der Waals surface area contributed by atoms with Crippen molar-refractivity contribution in [3.8, 4) is 0 Å². The topological polar surface area (TPSA) is 91.0 Å². The number of carbonyl (C=O) groups is 3.